The maximum atomic E-state index is 12.5. The fraction of sp³-hybridized carbons (Fsp3) is 0.636. The van der Waals surface area contributed by atoms with Gasteiger partial charge >= 0.3 is 12.1 Å². The van der Waals surface area contributed by atoms with Crippen LogP contribution in [0.3, 0.4) is 0 Å². The number of aryl methyl sites for hydroxylation is 2. The predicted octanol–water partition coefficient (Wildman–Crippen LogP) is 2.77. The lowest BCUT2D eigenvalue weighted by Crippen LogP contribution is -2.39. The van der Waals surface area contributed by atoms with Crippen molar-refractivity contribution in [2.45, 2.75) is 33.0 Å². The molecule has 0 amide bonds. The van der Waals surface area contributed by atoms with Gasteiger partial charge in [-0.15, -0.1) is 11.3 Å². The molecule has 0 fully saturated rings. The van der Waals surface area contributed by atoms with E-state index in [2.05, 4.69) is 4.98 Å². The highest BCUT2D eigenvalue weighted by Gasteiger charge is 2.35. The molecule has 0 aliphatic rings. The van der Waals surface area contributed by atoms with Gasteiger partial charge in [0.25, 0.3) is 0 Å². The number of nitrogens with zero attached hydrogens (tertiary/aromatic N) is 2. The molecular formula is C11H15F3N2O2S. The number of alkyl halides is 3. The van der Waals surface area contributed by atoms with Gasteiger partial charge in [-0.1, -0.05) is 0 Å². The molecule has 108 valence electrons. The van der Waals surface area contributed by atoms with E-state index >= 15 is 0 Å². The number of thiazole rings is 1. The second-order valence-electron chi connectivity index (χ2n) is 4.26. The van der Waals surface area contributed by atoms with Crippen LogP contribution >= 0.6 is 11.3 Å². The van der Waals surface area contributed by atoms with E-state index in [1.807, 2.05) is 0 Å². The van der Waals surface area contributed by atoms with E-state index in [-0.39, 0.29) is 0 Å². The first-order valence-electron chi connectivity index (χ1n) is 5.56. The quantitative estimate of drug-likeness (QED) is 0.907. The van der Waals surface area contributed by atoms with Crippen molar-refractivity contribution in [2.75, 3.05) is 13.1 Å². The molecule has 0 saturated heterocycles. The first-order chi connectivity index (χ1) is 8.60. The molecule has 1 heterocycles. The Kier molecular flexibility index (Phi) is 4.92. The summed E-state index contributed by atoms with van der Waals surface area (Å²) in [6.45, 7) is 3.13. The summed E-state index contributed by atoms with van der Waals surface area (Å²) in [7, 11) is 0. The zero-order chi connectivity index (χ0) is 14.8. The minimum absolute atomic E-state index is 0.507. The molecule has 4 nitrogen and oxygen atoms in total. The molecule has 1 aromatic heterocycles. The summed E-state index contributed by atoms with van der Waals surface area (Å²) >= 11 is 1.39. The SMILES string of the molecule is Cc1nc(C(C)N(CC(=O)O)CC(F)(F)F)c(C)s1. The van der Waals surface area contributed by atoms with E-state index in [0.717, 1.165) is 14.8 Å². The molecule has 0 aromatic carbocycles. The number of hydrogen-bond donors (Lipinski definition) is 1. The molecule has 19 heavy (non-hydrogen) atoms. The molecular weight excluding hydrogens is 281 g/mol. The highest BCUT2D eigenvalue weighted by molar-refractivity contribution is 7.11. The van der Waals surface area contributed by atoms with Crippen LogP contribution in [0.4, 0.5) is 13.2 Å². The second kappa shape index (κ2) is 5.87. The lowest BCUT2D eigenvalue weighted by Gasteiger charge is -2.27. The number of carboxylic acid groups (broad SMARTS) is 1. The predicted molar refractivity (Wildman–Crippen MR) is 65.3 cm³/mol. The number of aromatic nitrogens is 1. The van der Waals surface area contributed by atoms with Crippen LogP contribution in [0.25, 0.3) is 0 Å². The summed E-state index contributed by atoms with van der Waals surface area (Å²) in [5.74, 6) is -1.29. The van der Waals surface area contributed by atoms with Gasteiger partial charge in [0.1, 0.15) is 0 Å². The van der Waals surface area contributed by atoms with Crippen molar-refractivity contribution in [2.24, 2.45) is 0 Å². The van der Waals surface area contributed by atoms with E-state index in [4.69, 9.17) is 5.11 Å². The van der Waals surface area contributed by atoms with Crippen LogP contribution < -0.4 is 0 Å². The molecule has 1 atom stereocenters. The molecule has 0 radical (unpaired) electrons. The summed E-state index contributed by atoms with van der Waals surface area (Å²) in [6, 6.07) is -0.692. The average molecular weight is 296 g/mol. The van der Waals surface area contributed by atoms with Gasteiger partial charge in [-0.25, -0.2) is 4.98 Å². The molecule has 0 spiro atoms. The standard InChI is InChI=1S/C11H15F3N2O2S/c1-6(10-7(2)19-8(3)15-10)16(4-9(17)18)5-11(12,13)14/h6H,4-5H2,1-3H3,(H,17,18). The lowest BCUT2D eigenvalue weighted by atomic mass is 10.2. The van der Waals surface area contributed by atoms with Crippen LogP contribution in [0, 0.1) is 13.8 Å². The summed E-state index contributed by atoms with van der Waals surface area (Å²) in [5, 5.41) is 9.48. The number of hydrogen-bond acceptors (Lipinski definition) is 4. The highest BCUT2D eigenvalue weighted by atomic mass is 32.1. The van der Waals surface area contributed by atoms with Gasteiger partial charge in [0, 0.05) is 4.88 Å². The Morgan fingerprint density at radius 1 is 1.47 bits per heavy atom. The summed E-state index contributed by atoms with van der Waals surface area (Å²) < 4.78 is 37.5. The summed E-state index contributed by atoms with van der Waals surface area (Å²) in [4.78, 5) is 16.6. The van der Waals surface area contributed by atoms with Crippen molar-refractivity contribution >= 4 is 17.3 Å². The summed E-state index contributed by atoms with van der Waals surface area (Å²) in [6.07, 6.45) is -4.44. The Balaban J connectivity index is 2.96. The minimum Gasteiger partial charge on any atom is -0.480 e. The Morgan fingerprint density at radius 2 is 2.05 bits per heavy atom. The lowest BCUT2D eigenvalue weighted by molar-refractivity contribution is -0.158. The monoisotopic (exact) mass is 296 g/mol. The molecule has 1 unspecified atom stereocenters. The van der Waals surface area contributed by atoms with Gasteiger partial charge in [0.15, 0.2) is 0 Å². The van der Waals surface area contributed by atoms with Crippen molar-refractivity contribution in [3.05, 3.63) is 15.6 Å². The summed E-state index contributed by atoms with van der Waals surface area (Å²) in [5.41, 5.74) is 0.507. The molecule has 1 rings (SSSR count). The number of halogens is 3. The van der Waals surface area contributed by atoms with Crippen LogP contribution in [0.1, 0.15) is 28.5 Å². The van der Waals surface area contributed by atoms with Gasteiger partial charge in [-0.3, -0.25) is 9.69 Å². The Bertz CT molecular complexity index is 459. The van der Waals surface area contributed by atoms with Crippen molar-refractivity contribution in [1.82, 2.24) is 9.88 Å². The first kappa shape index (κ1) is 15.9. The number of aliphatic carboxylic acids is 1. The second-order valence-corrected chi connectivity index (χ2v) is 5.67. The Morgan fingerprint density at radius 3 is 2.42 bits per heavy atom. The van der Waals surface area contributed by atoms with Gasteiger partial charge < -0.3 is 5.11 Å². The molecule has 8 heteroatoms. The zero-order valence-electron chi connectivity index (χ0n) is 10.8. The van der Waals surface area contributed by atoms with Gasteiger partial charge in [0.2, 0.25) is 0 Å². The van der Waals surface area contributed by atoms with Crippen LogP contribution in [-0.4, -0.2) is 40.2 Å². The molecule has 0 aliphatic heterocycles. The smallest absolute Gasteiger partial charge is 0.401 e. The van der Waals surface area contributed by atoms with Gasteiger partial charge in [0.05, 0.1) is 29.8 Å². The van der Waals surface area contributed by atoms with Crippen molar-refractivity contribution in [1.29, 1.82) is 0 Å². The van der Waals surface area contributed by atoms with Gasteiger partial charge in [-0.05, 0) is 20.8 Å². The van der Waals surface area contributed by atoms with Crippen molar-refractivity contribution < 1.29 is 23.1 Å². The maximum Gasteiger partial charge on any atom is 0.401 e. The first-order valence-corrected chi connectivity index (χ1v) is 6.38. The fourth-order valence-electron chi connectivity index (χ4n) is 1.84. The maximum absolute atomic E-state index is 12.5. The third kappa shape index (κ3) is 4.79. The van der Waals surface area contributed by atoms with Crippen LogP contribution in [-0.2, 0) is 4.79 Å². The molecule has 0 aliphatic carbocycles. The molecule has 0 bridgehead atoms. The molecule has 1 aromatic rings. The van der Waals surface area contributed by atoms with Crippen molar-refractivity contribution in [3.8, 4) is 0 Å². The molecule has 0 saturated carbocycles. The normalized spacial score (nSPS) is 13.8. The van der Waals surface area contributed by atoms with Gasteiger partial charge in [-0.2, -0.15) is 13.2 Å². The highest BCUT2D eigenvalue weighted by Crippen LogP contribution is 2.29. The Labute approximate surface area is 112 Å². The largest absolute Gasteiger partial charge is 0.480 e. The Hall–Kier alpha value is -1.15. The third-order valence-electron chi connectivity index (χ3n) is 2.60. The van der Waals surface area contributed by atoms with Crippen LogP contribution in [0.15, 0.2) is 0 Å². The number of carboxylic acids is 1. The third-order valence-corrected chi connectivity index (χ3v) is 3.51. The zero-order valence-corrected chi connectivity index (χ0v) is 11.6. The van der Waals surface area contributed by atoms with Crippen molar-refractivity contribution in [3.63, 3.8) is 0 Å². The van der Waals surface area contributed by atoms with E-state index in [1.165, 1.54) is 18.3 Å². The van der Waals surface area contributed by atoms with E-state index in [1.54, 1.807) is 13.8 Å². The fourth-order valence-corrected chi connectivity index (χ4v) is 2.75. The topological polar surface area (TPSA) is 53.4 Å². The average Bonchev–Trinajstić information content (AvgIpc) is 2.53. The minimum atomic E-state index is -4.44. The van der Waals surface area contributed by atoms with Crippen LogP contribution in [0.5, 0.6) is 0 Å². The number of rotatable bonds is 5. The van der Waals surface area contributed by atoms with Crippen LogP contribution in [0.2, 0.25) is 0 Å². The van der Waals surface area contributed by atoms with E-state index < -0.39 is 31.3 Å². The van der Waals surface area contributed by atoms with E-state index in [0.29, 0.717) is 5.69 Å². The van der Waals surface area contributed by atoms with E-state index in [9.17, 15) is 18.0 Å². The number of carbonyl (C=O) groups is 1. The molecule has 1 N–H and O–H groups in total.